The number of carbonyl (C=O) groups is 1. The van der Waals surface area contributed by atoms with Gasteiger partial charge in [-0.05, 0) is 36.2 Å². The van der Waals surface area contributed by atoms with Crippen LogP contribution in [0, 0.1) is 5.82 Å². The van der Waals surface area contributed by atoms with Crippen LogP contribution in [0.2, 0.25) is 0 Å². The summed E-state index contributed by atoms with van der Waals surface area (Å²) in [5.74, 6) is 0.164. The summed E-state index contributed by atoms with van der Waals surface area (Å²) < 4.78 is 18.9. The minimum atomic E-state index is -0.385. The van der Waals surface area contributed by atoms with Gasteiger partial charge < -0.3 is 15.2 Å². The summed E-state index contributed by atoms with van der Waals surface area (Å²) in [6.07, 6.45) is -0.0231. The number of nitrogens with zero attached hydrogens (tertiary/aromatic N) is 2. The number of hydrogen-bond acceptors (Lipinski definition) is 5. The molecule has 7 heteroatoms. The zero-order valence-corrected chi connectivity index (χ0v) is 16.1. The molecule has 0 saturated heterocycles. The fourth-order valence-corrected chi connectivity index (χ4v) is 2.70. The smallest absolute Gasteiger partial charge is 0.321 e. The third-order valence-corrected chi connectivity index (χ3v) is 4.28. The second kappa shape index (κ2) is 8.65. The lowest BCUT2D eigenvalue weighted by Gasteiger charge is -2.14. The van der Waals surface area contributed by atoms with Gasteiger partial charge in [-0.1, -0.05) is 49.3 Å². The number of hydrogen-bond donors (Lipinski definition) is 2. The average molecular weight is 382 g/mol. The predicted octanol–water partition coefficient (Wildman–Crippen LogP) is 4.69. The molecular weight excluding hydrogens is 359 g/mol. The van der Waals surface area contributed by atoms with E-state index in [0.29, 0.717) is 23.1 Å². The Morgan fingerprint density at radius 1 is 1.14 bits per heavy atom. The van der Waals surface area contributed by atoms with Gasteiger partial charge >= 0.3 is 6.01 Å². The second-order valence-corrected chi connectivity index (χ2v) is 6.92. The molecule has 0 spiro atoms. The first kappa shape index (κ1) is 19.5. The molecule has 1 aromatic heterocycles. The van der Waals surface area contributed by atoms with Gasteiger partial charge in [-0.15, -0.1) is 0 Å². The fraction of sp³-hybridized carbons (Fsp3) is 0.286. The van der Waals surface area contributed by atoms with E-state index in [1.807, 2.05) is 39.0 Å². The molecule has 3 rings (SSSR count). The van der Waals surface area contributed by atoms with E-state index in [9.17, 15) is 9.18 Å². The van der Waals surface area contributed by atoms with E-state index in [4.69, 9.17) is 4.52 Å². The Bertz CT molecular complexity index is 955. The van der Waals surface area contributed by atoms with Gasteiger partial charge in [-0.3, -0.25) is 4.79 Å². The number of nitrogens with one attached hydrogen (secondary N) is 2. The van der Waals surface area contributed by atoms with Crippen molar-refractivity contribution < 1.29 is 13.7 Å². The molecule has 0 fully saturated rings. The molecule has 0 radical (unpaired) electrons. The molecule has 0 aliphatic heterocycles. The second-order valence-electron chi connectivity index (χ2n) is 6.92. The molecule has 6 nitrogen and oxygen atoms in total. The van der Waals surface area contributed by atoms with Gasteiger partial charge in [0.05, 0.1) is 12.5 Å². The van der Waals surface area contributed by atoms with Crippen LogP contribution in [-0.4, -0.2) is 16.0 Å². The van der Waals surface area contributed by atoms with Crippen molar-refractivity contribution in [2.75, 3.05) is 10.6 Å². The summed E-state index contributed by atoms with van der Waals surface area (Å²) in [7, 11) is 0. The molecule has 0 saturated carbocycles. The van der Waals surface area contributed by atoms with Crippen molar-refractivity contribution in [1.29, 1.82) is 0 Å². The summed E-state index contributed by atoms with van der Waals surface area (Å²) in [5, 5.41) is 9.90. The average Bonchev–Trinajstić information content (AvgIpc) is 3.12. The van der Waals surface area contributed by atoms with E-state index in [1.165, 1.54) is 6.07 Å². The lowest BCUT2D eigenvalue weighted by atomic mass is 10.1. The van der Waals surface area contributed by atoms with Crippen molar-refractivity contribution in [2.45, 2.75) is 39.2 Å². The Morgan fingerprint density at radius 3 is 2.64 bits per heavy atom. The van der Waals surface area contributed by atoms with Gasteiger partial charge in [0.2, 0.25) is 5.91 Å². The molecule has 28 heavy (non-hydrogen) atoms. The zero-order valence-electron chi connectivity index (χ0n) is 16.1. The van der Waals surface area contributed by atoms with E-state index in [-0.39, 0.29) is 30.1 Å². The van der Waals surface area contributed by atoms with Crippen LogP contribution in [0.1, 0.15) is 49.7 Å². The maximum Gasteiger partial charge on any atom is 0.321 e. The molecular formula is C21H23FN4O2. The normalized spacial score (nSPS) is 12.0. The van der Waals surface area contributed by atoms with Gasteiger partial charge in [0.15, 0.2) is 5.82 Å². The summed E-state index contributed by atoms with van der Waals surface area (Å²) in [5.41, 5.74) is 1.94. The first-order chi connectivity index (χ1) is 13.4. The van der Waals surface area contributed by atoms with Crippen molar-refractivity contribution >= 4 is 17.6 Å². The van der Waals surface area contributed by atoms with E-state index >= 15 is 0 Å². The fourth-order valence-electron chi connectivity index (χ4n) is 2.70. The molecule has 3 aromatic rings. The van der Waals surface area contributed by atoms with Crippen molar-refractivity contribution in [2.24, 2.45) is 0 Å². The Morgan fingerprint density at radius 2 is 1.93 bits per heavy atom. The van der Waals surface area contributed by atoms with Crippen molar-refractivity contribution in [3.63, 3.8) is 0 Å². The first-order valence-corrected chi connectivity index (χ1v) is 9.15. The number of carbonyl (C=O) groups excluding carboxylic acids is 1. The van der Waals surface area contributed by atoms with E-state index < -0.39 is 0 Å². The van der Waals surface area contributed by atoms with Crippen molar-refractivity contribution in [3.05, 3.63) is 71.3 Å². The Kier molecular flexibility index (Phi) is 6.03. The molecule has 0 bridgehead atoms. The minimum Gasteiger partial charge on any atom is -0.331 e. The number of benzene rings is 2. The molecule has 1 atom stereocenters. The molecule has 2 aromatic carbocycles. The van der Waals surface area contributed by atoms with Crippen LogP contribution in [0.3, 0.4) is 0 Å². The molecule has 1 amide bonds. The van der Waals surface area contributed by atoms with E-state index in [2.05, 4.69) is 20.8 Å². The molecule has 1 heterocycles. The third-order valence-electron chi connectivity index (χ3n) is 4.28. The van der Waals surface area contributed by atoms with Gasteiger partial charge in [-0.25, -0.2) is 4.39 Å². The zero-order chi connectivity index (χ0) is 20.1. The highest BCUT2D eigenvalue weighted by atomic mass is 19.1. The topological polar surface area (TPSA) is 80.0 Å². The molecule has 2 N–H and O–H groups in total. The SMILES string of the molecule is CC(C)c1noc(NC(C)c2cccc(NC(=O)Cc3ccccc3F)c2)n1. The first-order valence-electron chi connectivity index (χ1n) is 9.15. The highest BCUT2D eigenvalue weighted by molar-refractivity contribution is 5.92. The highest BCUT2D eigenvalue weighted by Gasteiger charge is 2.14. The largest absolute Gasteiger partial charge is 0.331 e. The summed E-state index contributed by atoms with van der Waals surface area (Å²) in [6.45, 7) is 5.94. The number of aromatic nitrogens is 2. The lowest BCUT2D eigenvalue weighted by molar-refractivity contribution is -0.115. The maximum absolute atomic E-state index is 13.7. The third kappa shape index (κ3) is 4.94. The van der Waals surface area contributed by atoms with Crippen LogP contribution in [0.25, 0.3) is 0 Å². The van der Waals surface area contributed by atoms with Crippen LogP contribution < -0.4 is 10.6 Å². The van der Waals surface area contributed by atoms with Crippen LogP contribution in [0.4, 0.5) is 16.1 Å². The monoisotopic (exact) mass is 382 g/mol. The minimum absolute atomic E-state index is 0.0231. The highest BCUT2D eigenvalue weighted by Crippen LogP contribution is 2.22. The number of halogens is 1. The molecule has 0 aliphatic carbocycles. The Labute approximate surface area is 163 Å². The van der Waals surface area contributed by atoms with Gasteiger partial charge in [0, 0.05) is 11.6 Å². The summed E-state index contributed by atoms with van der Waals surface area (Å²) >= 11 is 0. The van der Waals surface area contributed by atoms with Crippen LogP contribution in [-0.2, 0) is 11.2 Å². The van der Waals surface area contributed by atoms with Crippen molar-refractivity contribution in [3.8, 4) is 0 Å². The molecule has 146 valence electrons. The van der Waals surface area contributed by atoms with E-state index in [0.717, 1.165) is 5.56 Å². The van der Waals surface area contributed by atoms with E-state index in [1.54, 1.807) is 24.3 Å². The molecule has 0 aliphatic rings. The van der Waals surface area contributed by atoms with Crippen LogP contribution in [0.15, 0.2) is 53.1 Å². The maximum atomic E-state index is 13.7. The summed E-state index contributed by atoms with van der Waals surface area (Å²) in [6, 6.07) is 13.9. The standard InChI is InChI=1S/C21H23FN4O2/c1-13(2)20-25-21(28-26-20)23-14(3)15-8-6-9-17(11-15)24-19(27)12-16-7-4-5-10-18(16)22/h4-11,13-14H,12H2,1-3H3,(H,24,27)(H,23,25,26). The molecule has 1 unspecified atom stereocenters. The number of amides is 1. The van der Waals surface area contributed by atoms with Crippen molar-refractivity contribution in [1.82, 2.24) is 10.1 Å². The predicted molar refractivity (Wildman–Crippen MR) is 106 cm³/mol. The summed E-state index contributed by atoms with van der Waals surface area (Å²) in [4.78, 5) is 16.6. The van der Waals surface area contributed by atoms with Gasteiger partial charge in [0.25, 0.3) is 0 Å². The number of rotatable bonds is 7. The Hall–Kier alpha value is -3.22. The lowest BCUT2D eigenvalue weighted by Crippen LogP contribution is -2.15. The van der Waals surface area contributed by atoms with Crippen LogP contribution >= 0.6 is 0 Å². The van der Waals surface area contributed by atoms with Crippen LogP contribution in [0.5, 0.6) is 0 Å². The van der Waals surface area contributed by atoms with Gasteiger partial charge in [0.1, 0.15) is 5.82 Å². The quantitative estimate of drug-likeness (QED) is 0.620. The van der Waals surface area contributed by atoms with Gasteiger partial charge in [-0.2, -0.15) is 4.98 Å². The Balaban J connectivity index is 1.64. The number of anilines is 2.